The number of pyridine rings is 3. The first-order chi connectivity index (χ1) is 15.3. The van der Waals surface area contributed by atoms with E-state index in [9.17, 15) is 0 Å². The molecule has 4 heterocycles. The monoisotopic (exact) mass is 613 g/mol. The molecule has 0 saturated heterocycles. The zero-order chi connectivity index (χ0) is 20.8. The Kier molecular flexibility index (Phi) is 5.33. The summed E-state index contributed by atoms with van der Waals surface area (Å²) in [5.41, 5.74) is 3.39. The largest absolute Gasteiger partial charge is 2.00 e. The van der Waals surface area contributed by atoms with Gasteiger partial charge < -0.3 is 26.9 Å². The van der Waals surface area contributed by atoms with E-state index in [0.29, 0.717) is 16.5 Å². The van der Waals surface area contributed by atoms with Gasteiger partial charge in [-0.25, -0.2) is 9.97 Å². The quantitative estimate of drug-likeness (QED) is 0.192. The number of hydrogen-bond donors (Lipinski definition) is 0. The fraction of sp³-hybridized carbons (Fsp3) is 0. The minimum Gasteiger partial charge on any atom is -0.778 e. The van der Waals surface area contributed by atoms with Crippen molar-refractivity contribution in [3.8, 4) is 17.4 Å². The Bertz CT molecular complexity index is 1580. The van der Waals surface area contributed by atoms with Crippen molar-refractivity contribution >= 4 is 45.5 Å². The molecule has 4 aromatic heterocycles. The number of para-hydroxylation sites is 2. The smallest absolute Gasteiger partial charge is 0.778 e. The maximum absolute atomic E-state index is 6.03. The van der Waals surface area contributed by atoms with Gasteiger partial charge >= 0.3 is 21.1 Å². The molecule has 0 aliphatic heterocycles. The molecule has 156 valence electrons. The van der Waals surface area contributed by atoms with Crippen molar-refractivity contribution in [1.29, 1.82) is 0 Å². The van der Waals surface area contributed by atoms with Crippen LogP contribution in [0.15, 0.2) is 90.1 Å². The van der Waals surface area contributed by atoms with Crippen LogP contribution in [0.2, 0.25) is 0 Å². The maximum atomic E-state index is 6.03. The van der Waals surface area contributed by atoms with Gasteiger partial charge in [0.15, 0.2) is 0 Å². The summed E-state index contributed by atoms with van der Waals surface area (Å²) in [6, 6.07) is 26.8. The van der Waals surface area contributed by atoms with Crippen LogP contribution in [-0.4, -0.2) is 19.5 Å². The van der Waals surface area contributed by atoms with Crippen LogP contribution >= 0.6 is 0 Å². The minimum atomic E-state index is 0. The second-order valence-electron chi connectivity index (χ2n) is 7.06. The van der Waals surface area contributed by atoms with Crippen LogP contribution in [-0.2, 0) is 33.7 Å². The van der Waals surface area contributed by atoms with Crippen molar-refractivity contribution in [2.24, 2.45) is 0 Å². The molecule has 2 aromatic carbocycles. The van der Waals surface area contributed by atoms with Crippen LogP contribution < -0.4 is 4.74 Å². The van der Waals surface area contributed by atoms with Crippen LogP contribution in [0.25, 0.3) is 38.7 Å². The van der Waals surface area contributed by atoms with Gasteiger partial charge in [0.05, 0.1) is 5.52 Å². The second kappa shape index (κ2) is 8.30. The molecule has 0 aliphatic carbocycles. The summed E-state index contributed by atoms with van der Waals surface area (Å²) < 4.78 is 8.07. The van der Waals surface area contributed by atoms with Crippen LogP contribution in [0.4, 0.5) is 0 Å². The van der Waals surface area contributed by atoms with E-state index in [1.165, 1.54) is 0 Å². The summed E-state index contributed by atoms with van der Waals surface area (Å²) in [7, 11) is 0. The third-order valence-corrected chi connectivity index (χ3v) is 5.48. The first kappa shape index (κ1) is 20.6. The fourth-order valence-electron chi connectivity index (χ4n) is 3.79. The van der Waals surface area contributed by atoms with Crippen molar-refractivity contribution in [2.75, 3.05) is 0 Å². The molecule has 0 amide bonds. The molecule has 0 aliphatic rings. The fourth-order valence-corrected chi connectivity index (χ4v) is 4.03. The third-order valence-electron chi connectivity index (χ3n) is 5.15. The second-order valence-corrected chi connectivity index (χ2v) is 7.50. The molecule has 0 saturated carbocycles. The molecule has 6 rings (SSSR count). The summed E-state index contributed by atoms with van der Waals surface area (Å²) in [5, 5.41) is 2.01. The van der Waals surface area contributed by atoms with Crippen molar-refractivity contribution in [1.82, 2.24) is 19.5 Å². The SMILES string of the molecule is [Pt+2].[S-]c1cccc2ccc(Oc3[c-]c4c(nc3)c3ccccc3n4-c3ccccn3)nc12. The van der Waals surface area contributed by atoms with Crippen LogP contribution in [0.1, 0.15) is 0 Å². The van der Waals surface area contributed by atoms with Crippen LogP contribution in [0.3, 0.4) is 0 Å². The van der Waals surface area contributed by atoms with Gasteiger partial charge in [0.2, 0.25) is 5.88 Å². The molecular formula is C25H14N4OPtS. The first-order valence-electron chi connectivity index (χ1n) is 9.75. The number of nitrogens with zero attached hydrogens (tertiary/aromatic N) is 4. The zero-order valence-electron chi connectivity index (χ0n) is 16.5. The average molecular weight is 614 g/mol. The van der Waals surface area contributed by atoms with E-state index >= 15 is 0 Å². The number of aromatic nitrogens is 4. The van der Waals surface area contributed by atoms with Gasteiger partial charge in [-0.2, -0.15) is 0 Å². The van der Waals surface area contributed by atoms with Crippen molar-refractivity contribution < 1.29 is 25.8 Å². The molecule has 0 fully saturated rings. The summed E-state index contributed by atoms with van der Waals surface area (Å²) in [6.45, 7) is 0. The van der Waals surface area contributed by atoms with Gasteiger partial charge in [-0.1, -0.05) is 42.5 Å². The Morgan fingerprint density at radius 3 is 2.59 bits per heavy atom. The normalized spacial score (nSPS) is 11.0. The van der Waals surface area contributed by atoms with Gasteiger partial charge in [0.1, 0.15) is 5.82 Å². The molecular weight excluding hydrogens is 599 g/mol. The average Bonchev–Trinajstić information content (AvgIpc) is 3.14. The van der Waals surface area contributed by atoms with Crippen LogP contribution in [0, 0.1) is 6.07 Å². The molecule has 5 nitrogen and oxygen atoms in total. The number of hydrogen-bond acceptors (Lipinski definition) is 5. The van der Waals surface area contributed by atoms with Gasteiger partial charge in [0.25, 0.3) is 0 Å². The molecule has 7 heteroatoms. The van der Waals surface area contributed by atoms with Crippen LogP contribution in [0.5, 0.6) is 11.6 Å². The molecule has 0 spiro atoms. The van der Waals surface area contributed by atoms with Gasteiger partial charge in [0, 0.05) is 23.5 Å². The van der Waals surface area contributed by atoms with Crippen molar-refractivity contribution in [3.05, 3.63) is 91.3 Å². The standard InChI is InChI=1S/C25H15N4OS.Pt/c31-21-9-5-6-16-11-12-23(28-24(16)21)30-17-14-20-25(27-15-17)18-7-1-2-8-19(18)29(20)22-10-3-4-13-26-22;/h1-13,15,31H;/q-1;+2/p-1. The Labute approximate surface area is 203 Å². The Balaban J connectivity index is 0.00000216. The number of fused-ring (bicyclic) bond motifs is 4. The summed E-state index contributed by atoms with van der Waals surface area (Å²) in [6.07, 6.45) is 3.44. The summed E-state index contributed by atoms with van der Waals surface area (Å²) in [5.74, 6) is 1.72. The van der Waals surface area contributed by atoms with Crippen molar-refractivity contribution in [2.45, 2.75) is 4.90 Å². The third kappa shape index (κ3) is 3.42. The summed E-state index contributed by atoms with van der Waals surface area (Å²) >= 11 is 5.40. The van der Waals surface area contributed by atoms with Gasteiger partial charge in [-0.15, -0.1) is 11.0 Å². The van der Waals surface area contributed by atoms with E-state index in [1.54, 1.807) is 12.4 Å². The predicted molar refractivity (Wildman–Crippen MR) is 123 cm³/mol. The molecule has 0 unspecified atom stereocenters. The van der Waals surface area contributed by atoms with E-state index in [2.05, 4.69) is 33.2 Å². The van der Waals surface area contributed by atoms with E-state index in [4.69, 9.17) is 17.4 Å². The van der Waals surface area contributed by atoms with E-state index < -0.39 is 0 Å². The van der Waals surface area contributed by atoms with Gasteiger partial charge in [-0.05, 0) is 52.3 Å². The number of ether oxygens (including phenoxy) is 1. The van der Waals surface area contributed by atoms with E-state index in [1.807, 2.05) is 65.2 Å². The number of benzene rings is 2. The first-order valence-corrected chi connectivity index (χ1v) is 10.2. The Morgan fingerprint density at radius 1 is 0.844 bits per heavy atom. The summed E-state index contributed by atoms with van der Waals surface area (Å²) in [4.78, 5) is 14.5. The molecule has 32 heavy (non-hydrogen) atoms. The zero-order valence-corrected chi connectivity index (χ0v) is 19.6. The van der Waals surface area contributed by atoms with E-state index in [0.717, 1.165) is 38.7 Å². The Morgan fingerprint density at radius 2 is 1.72 bits per heavy atom. The molecule has 6 aromatic rings. The van der Waals surface area contributed by atoms with Crippen molar-refractivity contribution in [3.63, 3.8) is 0 Å². The van der Waals surface area contributed by atoms with Gasteiger partial charge in [-0.3, -0.25) is 0 Å². The topological polar surface area (TPSA) is 52.8 Å². The number of rotatable bonds is 3. The molecule has 0 bridgehead atoms. The molecule has 0 N–H and O–H groups in total. The predicted octanol–water partition coefficient (Wildman–Crippen LogP) is 5.62. The maximum Gasteiger partial charge on any atom is 2.00 e. The minimum absolute atomic E-state index is 0. The van der Waals surface area contributed by atoms with E-state index in [-0.39, 0.29) is 21.1 Å². The molecule has 0 atom stereocenters. The Hall–Kier alpha value is -3.34. The molecule has 0 radical (unpaired) electrons.